The molecule has 1 N–H and O–H groups in total. The minimum atomic E-state index is 0.734. The second-order valence-corrected chi connectivity index (χ2v) is 3.33. The number of hydrogen-bond donors (Lipinski definition) is 1. The lowest BCUT2D eigenvalue weighted by atomic mass is 10.3. The average molecular weight is 147 g/mol. The molecule has 0 saturated heterocycles. The number of benzene rings is 1. The van der Waals surface area contributed by atoms with E-state index < -0.39 is 0 Å². The second-order valence-electron chi connectivity index (χ2n) is 3.33. The fourth-order valence-electron chi connectivity index (χ4n) is 1.27. The van der Waals surface area contributed by atoms with E-state index in [2.05, 4.69) is 36.5 Å². The van der Waals surface area contributed by atoms with E-state index in [0.717, 1.165) is 12.0 Å². The Kier molecular flexibility index (Phi) is 1.57. The zero-order chi connectivity index (χ0) is 7.68. The zero-order valence-corrected chi connectivity index (χ0v) is 6.75. The predicted octanol–water partition coefficient (Wildman–Crippen LogP) is 2.51. The van der Waals surface area contributed by atoms with E-state index >= 15 is 0 Å². The van der Waals surface area contributed by atoms with Gasteiger partial charge in [0, 0.05) is 11.7 Å². The van der Waals surface area contributed by atoms with Crippen LogP contribution >= 0.6 is 0 Å². The van der Waals surface area contributed by atoms with Crippen LogP contribution in [0.4, 0.5) is 5.69 Å². The first kappa shape index (κ1) is 6.71. The van der Waals surface area contributed by atoms with Crippen molar-refractivity contribution < 1.29 is 0 Å². The minimum absolute atomic E-state index is 0.734. The molecule has 0 spiro atoms. The first-order valence-corrected chi connectivity index (χ1v) is 4.18. The third-order valence-electron chi connectivity index (χ3n) is 2.24. The van der Waals surface area contributed by atoms with E-state index in [0.29, 0.717) is 0 Å². The lowest BCUT2D eigenvalue weighted by molar-refractivity contribution is 0.929. The molecule has 1 nitrogen and oxygen atoms in total. The molecule has 2 atom stereocenters. The summed E-state index contributed by atoms with van der Waals surface area (Å²) in [6.07, 6.45) is 1.33. The van der Waals surface area contributed by atoms with Gasteiger partial charge in [0.15, 0.2) is 0 Å². The van der Waals surface area contributed by atoms with Crippen molar-refractivity contribution >= 4 is 5.69 Å². The third-order valence-corrected chi connectivity index (χ3v) is 2.24. The van der Waals surface area contributed by atoms with Gasteiger partial charge in [-0.2, -0.15) is 0 Å². The van der Waals surface area contributed by atoms with Gasteiger partial charge in [0.2, 0.25) is 0 Å². The molecule has 0 amide bonds. The molecule has 1 saturated carbocycles. The summed E-state index contributed by atoms with van der Waals surface area (Å²) in [5.74, 6) is 0.871. The van der Waals surface area contributed by atoms with E-state index in [-0.39, 0.29) is 0 Å². The van der Waals surface area contributed by atoms with Crippen LogP contribution in [0.3, 0.4) is 0 Å². The van der Waals surface area contributed by atoms with Crippen LogP contribution in [-0.4, -0.2) is 6.04 Å². The normalized spacial score (nSPS) is 28.1. The Morgan fingerprint density at radius 3 is 2.45 bits per heavy atom. The van der Waals surface area contributed by atoms with Gasteiger partial charge in [-0.1, -0.05) is 25.1 Å². The molecule has 1 aliphatic carbocycles. The summed E-state index contributed by atoms with van der Waals surface area (Å²) >= 11 is 0. The van der Waals surface area contributed by atoms with Crippen LogP contribution in [0.25, 0.3) is 0 Å². The van der Waals surface area contributed by atoms with Crippen LogP contribution in [0, 0.1) is 5.92 Å². The highest BCUT2D eigenvalue weighted by molar-refractivity contribution is 5.44. The molecule has 0 bridgehead atoms. The number of rotatable bonds is 2. The fourth-order valence-corrected chi connectivity index (χ4v) is 1.27. The minimum Gasteiger partial charge on any atom is -0.382 e. The highest BCUT2D eigenvalue weighted by atomic mass is 15.0. The number of para-hydroxylation sites is 1. The Morgan fingerprint density at radius 1 is 1.27 bits per heavy atom. The SMILES string of the molecule is C[C@@H]1C[C@@H]1Nc1ccccc1. The summed E-state index contributed by atoms with van der Waals surface area (Å²) in [7, 11) is 0. The van der Waals surface area contributed by atoms with Crippen molar-refractivity contribution in [3.8, 4) is 0 Å². The summed E-state index contributed by atoms with van der Waals surface area (Å²) in [6.45, 7) is 2.28. The number of anilines is 1. The first-order chi connectivity index (χ1) is 5.36. The van der Waals surface area contributed by atoms with Crippen LogP contribution in [-0.2, 0) is 0 Å². The van der Waals surface area contributed by atoms with Crippen molar-refractivity contribution in [2.45, 2.75) is 19.4 Å². The van der Waals surface area contributed by atoms with Gasteiger partial charge in [0.05, 0.1) is 0 Å². The van der Waals surface area contributed by atoms with Crippen LogP contribution in [0.5, 0.6) is 0 Å². The van der Waals surface area contributed by atoms with Crippen molar-refractivity contribution in [1.29, 1.82) is 0 Å². The lowest BCUT2D eigenvalue weighted by Gasteiger charge is -2.02. The van der Waals surface area contributed by atoms with Gasteiger partial charge in [0.25, 0.3) is 0 Å². The Hall–Kier alpha value is -0.980. The molecule has 1 aromatic rings. The Labute approximate surface area is 67.4 Å². The standard InChI is InChI=1S/C10H13N/c1-8-7-10(8)11-9-5-3-2-4-6-9/h2-6,8,10-11H,7H2,1H3/t8-,10+/m1/s1. The molecule has 0 aliphatic heterocycles. The average Bonchev–Trinajstić information content (AvgIpc) is 2.69. The third kappa shape index (κ3) is 1.53. The van der Waals surface area contributed by atoms with Crippen LogP contribution in [0.15, 0.2) is 30.3 Å². The molecule has 0 aromatic heterocycles. The van der Waals surface area contributed by atoms with Crippen LogP contribution < -0.4 is 5.32 Å². The van der Waals surface area contributed by atoms with Crippen LogP contribution in [0.1, 0.15) is 13.3 Å². The quantitative estimate of drug-likeness (QED) is 0.677. The summed E-state index contributed by atoms with van der Waals surface area (Å²) in [5.41, 5.74) is 1.25. The van der Waals surface area contributed by atoms with Crippen molar-refractivity contribution in [1.82, 2.24) is 0 Å². The highest BCUT2D eigenvalue weighted by Gasteiger charge is 2.31. The van der Waals surface area contributed by atoms with E-state index in [1.165, 1.54) is 12.1 Å². The topological polar surface area (TPSA) is 12.0 Å². The molecular weight excluding hydrogens is 134 g/mol. The van der Waals surface area contributed by atoms with Gasteiger partial charge in [0.1, 0.15) is 0 Å². The Balaban J connectivity index is 1.97. The molecule has 2 rings (SSSR count). The predicted molar refractivity (Wildman–Crippen MR) is 47.6 cm³/mol. The largest absolute Gasteiger partial charge is 0.382 e. The van der Waals surface area contributed by atoms with E-state index in [9.17, 15) is 0 Å². The summed E-state index contributed by atoms with van der Waals surface area (Å²) in [4.78, 5) is 0. The maximum atomic E-state index is 3.47. The Morgan fingerprint density at radius 2 is 1.91 bits per heavy atom. The van der Waals surface area contributed by atoms with Crippen molar-refractivity contribution in [2.75, 3.05) is 5.32 Å². The van der Waals surface area contributed by atoms with Gasteiger partial charge < -0.3 is 5.32 Å². The number of nitrogens with one attached hydrogen (secondary N) is 1. The highest BCUT2D eigenvalue weighted by Crippen LogP contribution is 2.32. The summed E-state index contributed by atoms with van der Waals surface area (Å²) in [5, 5.41) is 3.47. The molecule has 1 aliphatic rings. The molecule has 0 heterocycles. The van der Waals surface area contributed by atoms with Gasteiger partial charge in [-0.05, 0) is 24.5 Å². The molecule has 58 valence electrons. The van der Waals surface area contributed by atoms with Crippen molar-refractivity contribution in [2.24, 2.45) is 5.92 Å². The number of hydrogen-bond acceptors (Lipinski definition) is 1. The van der Waals surface area contributed by atoms with E-state index in [4.69, 9.17) is 0 Å². The van der Waals surface area contributed by atoms with E-state index in [1.54, 1.807) is 0 Å². The van der Waals surface area contributed by atoms with Gasteiger partial charge in [-0.25, -0.2) is 0 Å². The van der Waals surface area contributed by atoms with Crippen LogP contribution in [0.2, 0.25) is 0 Å². The van der Waals surface area contributed by atoms with Gasteiger partial charge in [-0.3, -0.25) is 0 Å². The van der Waals surface area contributed by atoms with E-state index in [1.807, 2.05) is 6.07 Å². The second kappa shape index (κ2) is 2.57. The smallest absolute Gasteiger partial charge is 0.0342 e. The molecule has 1 aromatic carbocycles. The lowest BCUT2D eigenvalue weighted by Crippen LogP contribution is -2.02. The Bertz CT molecular complexity index is 230. The van der Waals surface area contributed by atoms with Crippen molar-refractivity contribution in [3.05, 3.63) is 30.3 Å². The fraction of sp³-hybridized carbons (Fsp3) is 0.400. The summed E-state index contributed by atoms with van der Waals surface area (Å²) < 4.78 is 0. The summed E-state index contributed by atoms with van der Waals surface area (Å²) in [6, 6.07) is 11.1. The molecule has 0 unspecified atom stereocenters. The maximum Gasteiger partial charge on any atom is 0.0342 e. The monoisotopic (exact) mass is 147 g/mol. The maximum absolute atomic E-state index is 3.47. The molecule has 1 fully saturated rings. The van der Waals surface area contributed by atoms with Gasteiger partial charge in [-0.15, -0.1) is 0 Å². The first-order valence-electron chi connectivity index (χ1n) is 4.18. The molecule has 11 heavy (non-hydrogen) atoms. The molecule has 0 radical (unpaired) electrons. The molecular formula is C10H13N. The zero-order valence-electron chi connectivity index (χ0n) is 6.75. The van der Waals surface area contributed by atoms with Gasteiger partial charge >= 0.3 is 0 Å². The van der Waals surface area contributed by atoms with Crippen molar-refractivity contribution in [3.63, 3.8) is 0 Å². The molecule has 1 heteroatoms.